The first kappa shape index (κ1) is 39.0. The standard InChI is InChI=1S/C50H55N3O2/c1-12-50(8,9)49(54)55-31-51-45-26-25-44(42-15-13-14-16-43(42)45)46(38-17-21-40(22-18-38)52(10)47-34(4)27-32(2)28-35(47)5)39-19-23-41(24-20-39)53(11)48-36(6)29-33(3)30-37(48)7/h13-30H,12,31H2,1-11H3/p+1. The number of carbonyl (C=O) groups is 1. The van der Waals surface area contributed by atoms with Crippen LogP contribution in [0.25, 0.3) is 16.3 Å². The van der Waals surface area contributed by atoms with E-state index in [-0.39, 0.29) is 12.7 Å². The van der Waals surface area contributed by atoms with Crippen molar-refractivity contribution in [2.24, 2.45) is 5.41 Å². The minimum atomic E-state index is -0.526. The van der Waals surface area contributed by atoms with Crippen LogP contribution in [0.1, 0.15) is 71.7 Å². The van der Waals surface area contributed by atoms with Crippen molar-refractivity contribution in [1.82, 2.24) is 0 Å². The molecule has 0 aliphatic heterocycles. The lowest BCUT2D eigenvalue weighted by Crippen LogP contribution is -2.27. The minimum absolute atomic E-state index is 0.103. The summed E-state index contributed by atoms with van der Waals surface area (Å²) in [5.74, 6) is -0.206. The van der Waals surface area contributed by atoms with Gasteiger partial charge in [-0.1, -0.05) is 72.6 Å². The molecule has 6 rings (SSSR count). The summed E-state index contributed by atoms with van der Waals surface area (Å²) in [5, 5.41) is 5.57. The van der Waals surface area contributed by atoms with Crippen LogP contribution in [0.3, 0.4) is 0 Å². The van der Waals surface area contributed by atoms with Gasteiger partial charge in [-0.2, -0.15) is 4.58 Å². The van der Waals surface area contributed by atoms with Crippen molar-refractivity contribution in [3.8, 4) is 0 Å². The lowest BCUT2D eigenvalue weighted by molar-refractivity contribution is -0.404. The molecule has 0 amide bonds. The van der Waals surface area contributed by atoms with Crippen molar-refractivity contribution in [2.45, 2.75) is 68.7 Å². The van der Waals surface area contributed by atoms with Gasteiger partial charge in [0.25, 0.3) is 0 Å². The van der Waals surface area contributed by atoms with Crippen molar-refractivity contribution in [3.05, 3.63) is 159 Å². The van der Waals surface area contributed by atoms with E-state index in [0.29, 0.717) is 6.42 Å². The number of hydrogen-bond donors (Lipinski definition) is 1. The number of nitrogens with zero attached hydrogens (tertiary/aromatic N) is 2. The van der Waals surface area contributed by atoms with Crippen LogP contribution < -0.4 is 10.2 Å². The highest BCUT2D eigenvalue weighted by Gasteiger charge is 2.27. The second kappa shape index (κ2) is 16.0. The average Bonchev–Trinajstić information content (AvgIpc) is 3.15. The average molecular weight is 731 g/mol. The summed E-state index contributed by atoms with van der Waals surface area (Å²) in [4.78, 5) is 15.0. The first-order chi connectivity index (χ1) is 26.2. The number of ether oxygens (including phenoxy) is 1. The molecule has 0 atom stereocenters. The van der Waals surface area contributed by atoms with Gasteiger partial charge >= 0.3 is 5.97 Å². The molecule has 0 radical (unpaired) electrons. The van der Waals surface area contributed by atoms with Crippen molar-refractivity contribution < 1.29 is 14.1 Å². The van der Waals surface area contributed by atoms with E-state index >= 15 is 0 Å². The quantitative estimate of drug-likeness (QED) is 0.0883. The van der Waals surface area contributed by atoms with Gasteiger partial charge in [-0.3, -0.25) is 4.79 Å². The Morgan fingerprint density at radius 3 is 1.89 bits per heavy atom. The fourth-order valence-corrected chi connectivity index (χ4v) is 8.03. The van der Waals surface area contributed by atoms with Crippen molar-refractivity contribution >= 4 is 50.8 Å². The van der Waals surface area contributed by atoms with Gasteiger partial charge in [0.15, 0.2) is 6.73 Å². The topological polar surface area (TPSA) is 44.6 Å². The van der Waals surface area contributed by atoms with Crippen LogP contribution in [-0.2, 0) is 9.53 Å². The summed E-state index contributed by atoms with van der Waals surface area (Å²) in [6.07, 6.45) is 9.66. The number of carbonyl (C=O) groups excluding carboxylic acids is 1. The lowest BCUT2D eigenvalue weighted by Gasteiger charge is -2.25. The van der Waals surface area contributed by atoms with E-state index in [1.54, 1.807) is 0 Å². The highest BCUT2D eigenvalue weighted by molar-refractivity contribution is 6.08. The maximum atomic E-state index is 12.7. The molecule has 5 aromatic carbocycles. The van der Waals surface area contributed by atoms with Crippen LogP contribution in [0.2, 0.25) is 0 Å². The molecule has 0 bridgehead atoms. The summed E-state index contributed by atoms with van der Waals surface area (Å²) >= 11 is 0. The normalized spacial score (nSPS) is 12.6. The molecule has 5 heteroatoms. The second-order valence-electron chi connectivity index (χ2n) is 15.8. The van der Waals surface area contributed by atoms with Crippen LogP contribution in [0.15, 0.2) is 115 Å². The van der Waals surface area contributed by atoms with Crippen LogP contribution in [-0.4, -0.2) is 37.1 Å². The van der Waals surface area contributed by atoms with Crippen LogP contribution in [0.4, 0.5) is 22.7 Å². The van der Waals surface area contributed by atoms with Crippen LogP contribution in [0, 0.1) is 47.0 Å². The third-order valence-electron chi connectivity index (χ3n) is 11.1. The molecule has 55 heavy (non-hydrogen) atoms. The zero-order chi connectivity index (χ0) is 39.6. The zero-order valence-electron chi connectivity index (χ0n) is 34.5. The summed E-state index contributed by atoms with van der Waals surface area (Å²) in [6.45, 7) is 19.0. The SMILES string of the molecule is CCC(C)(C)C(=O)OCNc1ccc(C(=C2C=CC(=[N+](C)c3c(C)cc(C)cc3C)C=C2)c2ccc(N(C)c3c(C)cc(C)cc3C)cc2)c2ccccc12. The minimum Gasteiger partial charge on any atom is -0.444 e. The van der Waals surface area contributed by atoms with E-state index in [1.807, 2.05) is 20.8 Å². The lowest BCUT2D eigenvalue weighted by atomic mass is 9.87. The monoisotopic (exact) mass is 730 g/mol. The first-order valence-electron chi connectivity index (χ1n) is 19.3. The highest BCUT2D eigenvalue weighted by atomic mass is 16.5. The molecule has 0 fully saturated rings. The summed E-state index contributed by atoms with van der Waals surface area (Å²) in [5.41, 5.74) is 17.3. The zero-order valence-corrected chi connectivity index (χ0v) is 34.5. The van der Waals surface area contributed by atoms with E-state index in [1.165, 1.54) is 44.8 Å². The number of benzene rings is 5. The van der Waals surface area contributed by atoms with Gasteiger partial charge in [0.05, 0.1) is 5.41 Å². The van der Waals surface area contributed by atoms with Gasteiger partial charge < -0.3 is 15.0 Å². The Hall–Kier alpha value is -5.68. The number of hydrogen-bond acceptors (Lipinski definition) is 4. The molecule has 0 spiro atoms. The molecule has 0 saturated heterocycles. The van der Waals surface area contributed by atoms with Gasteiger partial charge in [-0.05, 0) is 143 Å². The Balaban J connectivity index is 1.44. The molecule has 0 unspecified atom stereocenters. The predicted octanol–water partition coefficient (Wildman–Crippen LogP) is 12.1. The number of fused-ring (bicyclic) bond motifs is 1. The molecule has 1 N–H and O–H groups in total. The van der Waals surface area contributed by atoms with Crippen LogP contribution in [0.5, 0.6) is 0 Å². The highest BCUT2D eigenvalue weighted by Crippen LogP contribution is 2.39. The van der Waals surface area contributed by atoms with E-state index in [4.69, 9.17) is 4.74 Å². The van der Waals surface area contributed by atoms with Crippen molar-refractivity contribution in [1.29, 1.82) is 0 Å². The Morgan fingerprint density at radius 1 is 0.745 bits per heavy atom. The number of rotatable bonds is 10. The Kier molecular flexibility index (Phi) is 11.3. The van der Waals surface area contributed by atoms with Gasteiger partial charge in [-0.25, -0.2) is 0 Å². The van der Waals surface area contributed by atoms with Gasteiger partial charge in [0, 0.05) is 52.8 Å². The van der Waals surface area contributed by atoms with Gasteiger partial charge in [0.1, 0.15) is 7.05 Å². The van der Waals surface area contributed by atoms with E-state index in [0.717, 1.165) is 50.1 Å². The fourth-order valence-electron chi connectivity index (χ4n) is 8.03. The third kappa shape index (κ3) is 8.07. The van der Waals surface area contributed by atoms with Gasteiger partial charge in [-0.15, -0.1) is 0 Å². The van der Waals surface area contributed by atoms with E-state index in [9.17, 15) is 4.79 Å². The summed E-state index contributed by atoms with van der Waals surface area (Å²) < 4.78 is 7.96. The molecular weight excluding hydrogens is 675 g/mol. The molecule has 0 heterocycles. The first-order valence-corrected chi connectivity index (χ1v) is 19.3. The van der Waals surface area contributed by atoms with Gasteiger partial charge in [0.2, 0.25) is 11.4 Å². The maximum Gasteiger partial charge on any atom is 0.313 e. The molecule has 0 saturated carbocycles. The van der Waals surface area contributed by atoms with Crippen LogP contribution >= 0.6 is 0 Å². The third-order valence-corrected chi connectivity index (χ3v) is 11.1. The summed E-state index contributed by atoms with van der Waals surface area (Å²) in [6, 6.07) is 30.7. The summed E-state index contributed by atoms with van der Waals surface area (Å²) in [7, 11) is 4.30. The molecule has 282 valence electrons. The number of allylic oxidation sites excluding steroid dienone is 5. The number of esters is 1. The largest absolute Gasteiger partial charge is 0.444 e. The number of nitrogens with one attached hydrogen (secondary N) is 1. The van der Waals surface area contributed by atoms with Crippen molar-refractivity contribution in [3.63, 3.8) is 0 Å². The fraction of sp³-hybridized carbons (Fsp3) is 0.280. The second-order valence-corrected chi connectivity index (χ2v) is 15.8. The molecular formula is C50H56N3O2+. The van der Waals surface area contributed by atoms with E-state index in [2.05, 4.69) is 180 Å². The number of anilines is 3. The molecule has 5 aromatic rings. The molecule has 0 aromatic heterocycles. The maximum absolute atomic E-state index is 12.7. The Morgan fingerprint density at radius 2 is 1.31 bits per heavy atom. The Labute approximate surface area is 328 Å². The Bertz CT molecular complexity index is 2340. The molecule has 5 nitrogen and oxygen atoms in total. The molecule has 1 aliphatic rings. The van der Waals surface area contributed by atoms with E-state index < -0.39 is 5.41 Å². The smallest absolute Gasteiger partial charge is 0.313 e. The number of aryl methyl sites for hydroxylation is 6. The molecule has 1 aliphatic carbocycles. The predicted molar refractivity (Wildman–Crippen MR) is 234 cm³/mol. The van der Waals surface area contributed by atoms with Crippen molar-refractivity contribution in [2.75, 3.05) is 31.0 Å².